The maximum absolute atomic E-state index is 6.53. The number of para-hydroxylation sites is 1. The fourth-order valence-electron chi connectivity index (χ4n) is 3.72. The van der Waals surface area contributed by atoms with Gasteiger partial charge in [-0.3, -0.25) is 0 Å². The van der Waals surface area contributed by atoms with Gasteiger partial charge >= 0.3 is 0 Å². The number of hydrogen-bond donors (Lipinski definition) is 2. The van der Waals surface area contributed by atoms with E-state index in [0.29, 0.717) is 11.8 Å². The summed E-state index contributed by atoms with van der Waals surface area (Å²) in [5.74, 6) is 0.888. The fraction of sp³-hybridized carbons (Fsp3) is 0.240. The van der Waals surface area contributed by atoms with Gasteiger partial charge in [0.15, 0.2) is 5.58 Å². The molecule has 0 radical (unpaired) electrons. The van der Waals surface area contributed by atoms with Gasteiger partial charge in [-0.15, -0.1) is 0 Å². The summed E-state index contributed by atoms with van der Waals surface area (Å²) in [4.78, 5) is 4.74. The Kier molecular flexibility index (Phi) is 5.36. The van der Waals surface area contributed by atoms with E-state index in [0.717, 1.165) is 51.9 Å². The predicted molar refractivity (Wildman–Crippen MR) is 121 cm³/mol. The SMILES string of the molecule is CC(N)CCC(C)c1cccc(-c2nc3cc(-c4ccccc4)ccc3o2)c1N. The van der Waals surface area contributed by atoms with E-state index in [1.54, 1.807) is 0 Å². The van der Waals surface area contributed by atoms with E-state index in [1.807, 2.05) is 43.3 Å². The summed E-state index contributed by atoms with van der Waals surface area (Å²) in [6, 6.07) is 22.6. The summed E-state index contributed by atoms with van der Waals surface area (Å²) in [5.41, 5.74) is 19.0. The zero-order valence-corrected chi connectivity index (χ0v) is 16.9. The highest BCUT2D eigenvalue weighted by molar-refractivity contribution is 5.84. The van der Waals surface area contributed by atoms with E-state index >= 15 is 0 Å². The average molecular weight is 386 g/mol. The molecule has 4 nitrogen and oxygen atoms in total. The summed E-state index contributed by atoms with van der Waals surface area (Å²) in [6.07, 6.45) is 1.97. The first-order valence-electron chi connectivity index (χ1n) is 10.1. The molecule has 3 aromatic carbocycles. The van der Waals surface area contributed by atoms with Gasteiger partial charge in [0.25, 0.3) is 0 Å². The Morgan fingerprint density at radius 3 is 2.45 bits per heavy atom. The molecule has 0 saturated heterocycles. The van der Waals surface area contributed by atoms with Gasteiger partial charge in [0.1, 0.15) is 5.52 Å². The second kappa shape index (κ2) is 8.10. The number of oxazole rings is 1. The third-order valence-corrected chi connectivity index (χ3v) is 5.45. The molecule has 29 heavy (non-hydrogen) atoms. The van der Waals surface area contributed by atoms with Gasteiger partial charge in [-0.05, 0) is 60.6 Å². The van der Waals surface area contributed by atoms with E-state index < -0.39 is 0 Å². The third kappa shape index (κ3) is 4.03. The third-order valence-electron chi connectivity index (χ3n) is 5.45. The van der Waals surface area contributed by atoms with Gasteiger partial charge in [-0.1, -0.05) is 55.5 Å². The number of benzene rings is 3. The van der Waals surface area contributed by atoms with Crippen LogP contribution in [0.5, 0.6) is 0 Å². The van der Waals surface area contributed by atoms with Gasteiger partial charge < -0.3 is 15.9 Å². The lowest BCUT2D eigenvalue weighted by Crippen LogP contribution is -2.15. The second-order valence-electron chi connectivity index (χ2n) is 7.83. The summed E-state index contributed by atoms with van der Waals surface area (Å²) in [5, 5.41) is 0. The van der Waals surface area contributed by atoms with E-state index in [9.17, 15) is 0 Å². The molecule has 4 aromatic rings. The summed E-state index contributed by atoms with van der Waals surface area (Å²) in [6.45, 7) is 4.23. The van der Waals surface area contributed by atoms with Gasteiger partial charge in [0, 0.05) is 11.7 Å². The zero-order chi connectivity index (χ0) is 20.4. The molecule has 4 N–H and O–H groups in total. The van der Waals surface area contributed by atoms with Crippen molar-refractivity contribution in [1.82, 2.24) is 4.98 Å². The van der Waals surface area contributed by atoms with Crippen molar-refractivity contribution in [1.29, 1.82) is 0 Å². The number of aromatic nitrogens is 1. The van der Waals surface area contributed by atoms with Crippen LogP contribution >= 0.6 is 0 Å². The minimum absolute atomic E-state index is 0.192. The van der Waals surface area contributed by atoms with Crippen LogP contribution in [0.3, 0.4) is 0 Å². The van der Waals surface area contributed by atoms with E-state index in [-0.39, 0.29) is 6.04 Å². The summed E-state index contributed by atoms with van der Waals surface area (Å²) < 4.78 is 6.05. The smallest absolute Gasteiger partial charge is 0.229 e. The van der Waals surface area contributed by atoms with Crippen molar-refractivity contribution in [2.75, 3.05) is 5.73 Å². The number of anilines is 1. The van der Waals surface area contributed by atoms with Crippen molar-refractivity contribution >= 4 is 16.8 Å². The Labute approximate surface area is 171 Å². The van der Waals surface area contributed by atoms with Crippen LogP contribution in [-0.4, -0.2) is 11.0 Å². The van der Waals surface area contributed by atoms with Crippen molar-refractivity contribution in [2.24, 2.45) is 5.73 Å². The molecule has 148 valence electrons. The lowest BCUT2D eigenvalue weighted by atomic mass is 9.91. The van der Waals surface area contributed by atoms with Gasteiger partial charge in [0.2, 0.25) is 5.89 Å². The number of nitrogens with zero attached hydrogens (tertiary/aromatic N) is 1. The van der Waals surface area contributed by atoms with Crippen LogP contribution < -0.4 is 11.5 Å². The predicted octanol–water partition coefficient (Wildman–Crippen LogP) is 5.97. The van der Waals surface area contributed by atoms with Crippen molar-refractivity contribution in [3.8, 4) is 22.6 Å². The average Bonchev–Trinajstić information content (AvgIpc) is 3.16. The molecule has 1 heterocycles. The maximum Gasteiger partial charge on any atom is 0.229 e. The number of fused-ring (bicyclic) bond motifs is 1. The van der Waals surface area contributed by atoms with Crippen LogP contribution in [0.4, 0.5) is 5.69 Å². The van der Waals surface area contributed by atoms with Crippen LogP contribution in [0.1, 0.15) is 38.2 Å². The van der Waals surface area contributed by atoms with E-state index in [4.69, 9.17) is 20.9 Å². The molecular formula is C25H27N3O. The molecule has 0 aliphatic heterocycles. The molecule has 4 heteroatoms. The van der Waals surface area contributed by atoms with Crippen molar-refractivity contribution in [3.63, 3.8) is 0 Å². The molecule has 0 aliphatic carbocycles. The Bertz CT molecular complexity index is 1120. The molecule has 0 fully saturated rings. The monoisotopic (exact) mass is 385 g/mol. The van der Waals surface area contributed by atoms with Crippen molar-refractivity contribution in [3.05, 3.63) is 72.3 Å². The van der Waals surface area contributed by atoms with Crippen LogP contribution in [0.2, 0.25) is 0 Å². The minimum atomic E-state index is 0.192. The molecule has 0 amide bonds. The van der Waals surface area contributed by atoms with Crippen LogP contribution in [0.15, 0.2) is 71.1 Å². The highest BCUT2D eigenvalue weighted by Gasteiger charge is 2.17. The Balaban J connectivity index is 1.69. The van der Waals surface area contributed by atoms with Gasteiger partial charge in [0.05, 0.1) is 5.56 Å². The van der Waals surface area contributed by atoms with Gasteiger partial charge in [-0.25, -0.2) is 4.98 Å². The van der Waals surface area contributed by atoms with Crippen LogP contribution in [0, 0.1) is 0 Å². The first-order valence-corrected chi connectivity index (χ1v) is 10.1. The lowest BCUT2D eigenvalue weighted by Gasteiger charge is -2.17. The maximum atomic E-state index is 6.53. The molecule has 2 atom stereocenters. The van der Waals surface area contributed by atoms with E-state index in [1.165, 1.54) is 0 Å². The van der Waals surface area contributed by atoms with Crippen LogP contribution in [0.25, 0.3) is 33.7 Å². The highest BCUT2D eigenvalue weighted by Crippen LogP contribution is 2.36. The molecule has 1 aromatic heterocycles. The molecule has 0 bridgehead atoms. The molecular weight excluding hydrogens is 358 g/mol. The topological polar surface area (TPSA) is 78.1 Å². The Hall–Kier alpha value is -3.11. The van der Waals surface area contributed by atoms with E-state index in [2.05, 4.69) is 37.3 Å². The first-order chi connectivity index (χ1) is 14.0. The lowest BCUT2D eigenvalue weighted by molar-refractivity contribution is 0.569. The van der Waals surface area contributed by atoms with Crippen LogP contribution in [-0.2, 0) is 0 Å². The Morgan fingerprint density at radius 1 is 0.897 bits per heavy atom. The quantitative estimate of drug-likeness (QED) is 0.401. The highest BCUT2D eigenvalue weighted by atomic mass is 16.3. The summed E-state index contributed by atoms with van der Waals surface area (Å²) >= 11 is 0. The standard InChI is InChI=1S/C25H27N3O/c1-16(11-12-17(2)26)20-9-6-10-21(24(20)27)25-28-22-15-19(13-14-23(22)29-25)18-7-4-3-5-8-18/h3-10,13-17H,11-12,26-27H2,1-2H3. The molecule has 0 saturated carbocycles. The number of hydrogen-bond acceptors (Lipinski definition) is 4. The number of nitrogen functional groups attached to an aromatic ring is 1. The molecule has 2 unspecified atom stereocenters. The number of rotatable bonds is 6. The van der Waals surface area contributed by atoms with Crippen molar-refractivity contribution in [2.45, 2.75) is 38.6 Å². The largest absolute Gasteiger partial charge is 0.436 e. The summed E-state index contributed by atoms with van der Waals surface area (Å²) in [7, 11) is 0. The second-order valence-corrected chi connectivity index (χ2v) is 7.83. The zero-order valence-electron chi connectivity index (χ0n) is 16.9. The first kappa shape index (κ1) is 19.2. The minimum Gasteiger partial charge on any atom is -0.436 e. The number of nitrogens with two attached hydrogens (primary N) is 2. The van der Waals surface area contributed by atoms with Gasteiger partial charge in [-0.2, -0.15) is 0 Å². The molecule has 0 spiro atoms. The Morgan fingerprint density at radius 2 is 1.69 bits per heavy atom. The molecule has 0 aliphatic rings. The molecule has 4 rings (SSSR count). The van der Waals surface area contributed by atoms with Crippen molar-refractivity contribution < 1.29 is 4.42 Å². The normalized spacial score (nSPS) is 13.5. The fourth-order valence-corrected chi connectivity index (χ4v) is 3.72.